The second-order valence-corrected chi connectivity index (χ2v) is 5.88. The van der Waals surface area contributed by atoms with Gasteiger partial charge >= 0.3 is 11.6 Å². The summed E-state index contributed by atoms with van der Waals surface area (Å²) in [5, 5.41) is 0.714. The minimum Gasteiger partial charge on any atom is -0.482 e. The second-order valence-electron chi connectivity index (χ2n) is 5.88. The van der Waals surface area contributed by atoms with E-state index in [1.165, 1.54) is 30.3 Å². The number of carbonyl (C=O) groups is 1. The summed E-state index contributed by atoms with van der Waals surface area (Å²) in [6.45, 7) is 3.34. The first kappa shape index (κ1) is 17.7. The van der Waals surface area contributed by atoms with Crippen molar-refractivity contribution in [1.82, 2.24) is 0 Å². The Morgan fingerprint density at radius 3 is 2.73 bits per heavy atom. The Balaban J connectivity index is 1.70. The number of halogens is 1. The van der Waals surface area contributed by atoms with Gasteiger partial charge in [0.25, 0.3) is 0 Å². The average molecular weight is 356 g/mol. The average Bonchev–Trinajstić information content (AvgIpc) is 2.61. The smallest absolute Gasteiger partial charge is 0.344 e. The Morgan fingerprint density at radius 2 is 1.96 bits per heavy atom. The minimum absolute atomic E-state index is 0.0874. The van der Waals surface area contributed by atoms with Crippen LogP contribution in [-0.2, 0) is 16.1 Å². The molecule has 3 aromatic rings. The molecular weight excluding hydrogens is 339 g/mol. The molecule has 2 aromatic carbocycles. The molecule has 3 rings (SSSR count). The van der Waals surface area contributed by atoms with Crippen LogP contribution in [0.3, 0.4) is 0 Å². The highest BCUT2D eigenvalue weighted by Gasteiger charge is 2.12. The first-order valence-electron chi connectivity index (χ1n) is 8.01. The van der Waals surface area contributed by atoms with E-state index >= 15 is 0 Å². The van der Waals surface area contributed by atoms with Crippen molar-refractivity contribution in [2.45, 2.75) is 20.5 Å². The molecule has 0 unspecified atom stereocenters. The van der Waals surface area contributed by atoms with E-state index in [0.717, 1.165) is 11.1 Å². The third kappa shape index (κ3) is 3.91. The zero-order chi connectivity index (χ0) is 18.7. The summed E-state index contributed by atoms with van der Waals surface area (Å²) in [7, 11) is 0. The molecule has 0 spiro atoms. The fourth-order valence-electron chi connectivity index (χ4n) is 2.54. The molecule has 0 aliphatic heterocycles. The van der Waals surface area contributed by atoms with Gasteiger partial charge in [-0.2, -0.15) is 0 Å². The summed E-state index contributed by atoms with van der Waals surface area (Å²) >= 11 is 0. The molecule has 0 aliphatic rings. The van der Waals surface area contributed by atoms with E-state index in [0.29, 0.717) is 16.5 Å². The molecule has 0 saturated carbocycles. The molecule has 0 bridgehead atoms. The molecule has 0 saturated heterocycles. The van der Waals surface area contributed by atoms with Crippen molar-refractivity contribution in [3.8, 4) is 5.75 Å². The van der Waals surface area contributed by atoms with Gasteiger partial charge in [-0.05, 0) is 37.1 Å². The zero-order valence-corrected chi connectivity index (χ0v) is 14.4. The number of benzene rings is 2. The van der Waals surface area contributed by atoms with Crippen molar-refractivity contribution in [2.24, 2.45) is 0 Å². The van der Waals surface area contributed by atoms with E-state index in [9.17, 15) is 14.0 Å². The number of ether oxygens (including phenoxy) is 2. The fraction of sp³-hybridized carbons (Fsp3) is 0.200. The van der Waals surface area contributed by atoms with Gasteiger partial charge in [-0.3, -0.25) is 0 Å². The molecule has 0 amide bonds. The topological polar surface area (TPSA) is 65.7 Å². The standard InChI is InChI=1S/C20H17FO5/c1-12-6-7-17-14(8-18(22)26-20(17)13(12)2)10-25-19(23)11-24-16-5-3-4-15(21)9-16/h3-9H,10-11H2,1-2H3. The van der Waals surface area contributed by atoms with E-state index in [2.05, 4.69) is 0 Å². The molecule has 6 heteroatoms. The fourth-order valence-corrected chi connectivity index (χ4v) is 2.54. The number of rotatable bonds is 5. The number of carbonyl (C=O) groups excluding carboxylic acids is 1. The van der Waals surface area contributed by atoms with Crippen LogP contribution in [0.1, 0.15) is 16.7 Å². The van der Waals surface area contributed by atoms with E-state index in [1.807, 2.05) is 26.0 Å². The quantitative estimate of drug-likeness (QED) is 0.515. The lowest BCUT2D eigenvalue weighted by atomic mass is 10.0. The second kappa shape index (κ2) is 7.39. The van der Waals surface area contributed by atoms with Gasteiger partial charge in [0, 0.05) is 23.1 Å². The zero-order valence-electron chi connectivity index (χ0n) is 14.4. The summed E-state index contributed by atoms with van der Waals surface area (Å²) in [6.07, 6.45) is 0. The normalized spacial score (nSPS) is 10.7. The van der Waals surface area contributed by atoms with Gasteiger partial charge in [-0.25, -0.2) is 14.0 Å². The number of hydrogen-bond acceptors (Lipinski definition) is 5. The summed E-state index contributed by atoms with van der Waals surface area (Å²) in [6, 6.07) is 10.5. The van der Waals surface area contributed by atoms with Crippen LogP contribution in [0.25, 0.3) is 11.0 Å². The predicted octanol–water partition coefficient (Wildman–Crippen LogP) is 3.67. The highest BCUT2D eigenvalue weighted by Crippen LogP contribution is 2.23. The summed E-state index contributed by atoms with van der Waals surface area (Å²) in [4.78, 5) is 23.7. The van der Waals surface area contributed by atoms with Crippen molar-refractivity contribution in [1.29, 1.82) is 0 Å². The van der Waals surface area contributed by atoms with Crippen LogP contribution in [0.2, 0.25) is 0 Å². The first-order chi connectivity index (χ1) is 12.4. The maximum atomic E-state index is 13.1. The number of aryl methyl sites for hydroxylation is 2. The highest BCUT2D eigenvalue weighted by atomic mass is 19.1. The van der Waals surface area contributed by atoms with Crippen LogP contribution in [0.15, 0.2) is 51.7 Å². The molecule has 0 atom stereocenters. The van der Waals surface area contributed by atoms with Crippen LogP contribution in [0, 0.1) is 19.7 Å². The Kier molecular flexibility index (Phi) is 5.02. The molecule has 0 radical (unpaired) electrons. The molecule has 134 valence electrons. The van der Waals surface area contributed by atoms with E-state index in [-0.39, 0.29) is 19.0 Å². The van der Waals surface area contributed by atoms with Crippen LogP contribution >= 0.6 is 0 Å². The van der Waals surface area contributed by atoms with Crippen LogP contribution in [-0.4, -0.2) is 12.6 Å². The van der Waals surface area contributed by atoms with Gasteiger partial charge in [0.05, 0.1) is 0 Å². The number of esters is 1. The lowest BCUT2D eigenvalue weighted by molar-refractivity contribution is -0.147. The van der Waals surface area contributed by atoms with Gasteiger partial charge in [0.2, 0.25) is 0 Å². The Hall–Kier alpha value is -3.15. The van der Waals surface area contributed by atoms with Crippen molar-refractivity contribution >= 4 is 16.9 Å². The molecule has 0 aliphatic carbocycles. The van der Waals surface area contributed by atoms with Gasteiger partial charge in [0.15, 0.2) is 6.61 Å². The van der Waals surface area contributed by atoms with E-state index in [4.69, 9.17) is 13.9 Å². The molecular formula is C20H17FO5. The van der Waals surface area contributed by atoms with Crippen molar-refractivity contribution in [2.75, 3.05) is 6.61 Å². The third-order valence-corrected chi connectivity index (χ3v) is 4.06. The van der Waals surface area contributed by atoms with Crippen LogP contribution in [0.5, 0.6) is 5.75 Å². The summed E-state index contributed by atoms with van der Waals surface area (Å²) in [5.41, 5.74) is 2.40. The lowest BCUT2D eigenvalue weighted by Crippen LogP contribution is -2.15. The molecule has 26 heavy (non-hydrogen) atoms. The molecule has 0 N–H and O–H groups in total. The van der Waals surface area contributed by atoms with Crippen molar-refractivity contribution in [3.63, 3.8) is 0 Å². The van der Waals surface area contributed by atoms with E-state index < -0.39 is 17.4 Å². The van der Waals surface area contributed by atoms with E-state index in [1.54, 1.807) is 0 Å². The molecule has 1 heterocycles. The molecule has 0 fully saturated rings. The third-order valence-electron chi connectivity index (χ3n) is 4.06. The van der Waals surface area contributed by atoms with Crippen molar-refractivity contribution < 1.29 is 23.1 Å². The number of fused-ring (bicyclic) bond motifs is 1. The highest BCUT2D eigenvalue weighted by molar-refractivity contribution is 5.84. The summed E-state index contributed by atoms with van der Waals surface area (Å²) < 4.78 is 28.7. The maximum absolute atomic E-state index is 13.1. The van der Waals surface area contributed by atoms with Gasteiger partial charge < -0.3 is 13.9 Å². The Bertz CT molecular complexity index is 1020. The molecule has 5 nitrogen and oxygen atoms in total. The van der Waals surface area contributed by atoms with Crippen LogP contribution < -0.4 is 10.4 Å². The van der Waals surface area contributed by atoms with Gasteiger partial charge in [-0.1, -0.05) is 18.2 Å². The number of hydrogen-bond donors (Lipinski definition) is 0. The largest absolute Gasteiger partial charge is 0.482 e. The predicted molar refractivity (Wildman–Crippen MR) is 93.6 cm³/mol. The maximum Gasteiger partial charge on any atom is 0.344 e. The van der Waals surface area contributed by atoms with Crippen LogP contribution in [0.4, 0.5) is 4.39 Å². The SMILES string of the molecule is Cc1ccc2c(COC(=O)COc3cccc(F)c3)cc(=O)oc2c1C. The summed E-state index contributed by atoms with van der Waals surface area (Å²) in [5.74, 6) is -0.845. The lowest BCUT2D eigenvalue weighted by Gasteiger charge is -2.10. The van der Waals surface area contributed by atoms with Gasteiger partial charge in [-0.15, -0.1) is 0 Å². The Morgan fingerprint density at radius 1 is 1.15 bits per heavy atom. The minimum atomic E-state index is -0.625. The Labute approximate surface area is 149 Å². The van der Waals surface area contributed by atoms with Crippen molar-refractivity contribution in [3.05, 3.63) is 75.4 Å². The monoisotopic (exact) mass is 356 g/mol. The first-order valence-corrected chi connectivity index (χ1v) is 8.01. The molecule has 1 aromatic heterocycles. The van der Waals surface area contributed by atoms with Gasteiger partial charge in [0.1, 0.15) is 23.8 Å².